The molecule has 5 nitrogen and oxygen atoms in total. The Kier molecular flexibility index (Phi) is 3.62. The van der Waals surface area contributed by atoms with Crippen LogP contribution in [0.5, 0.6) is 0 Å². The van der Waals surface area contributed by atoms with Crippen LogP contribution in [0.2, 0.25) is 0 Å². The monoisotopic (exact) mass is 324 g/mol. The summed E-state index contributed by atoms with van der Waals surface area (Å²) in [7, 11) is 1.63. The number of halogens is 3. The molecule has 0 radical (unpaired) electrons. The van der Waals surface area contributed by atoms with E-state index >= 15 is 0 Å². The molecule has 0 spiro atoms. The van der Waals surface area contributed by atoms with Crippen LogP contribution in [0.3, 0.4) is 0 Å². The summed E-state index contributed by atoms with van der Waals surface area (Å²) in [5.74, 6) is 0.840. The summed E-state index contributed by atoms with van der Waals surface area (Å²) in [5.41, 5.74) is 0.136. The Morgan fingerprint density at radius 3 is 2.65 bits per heavy atom. The van der Waals surface area contributed by atoms with Crippen molar-refractivity contribution >= 4 is 5.82 Å². The first kappa shape index (κ1) is 15.5. The molecular weight excluding hydrogens is 309 g/mol. The second kappa shape index (κ2) is 5.36. The number of aromatic nitrogens is 3. The molecule has 3 rings (SSSR count). The second-order valence-electron chi connectivity index (χ2n) is 5.50. The molecule has 2 aromatic rings. The second-order valence-corrected chi connectivity index (χ2v) is 5.50. The number of aryl methyl sites for hydroxylation is 1. The van der Waals surface area contributed by atoms with E-state index < -0.39 is 11.9 Å². The molecule has 0 amide bonds. The van der Waals surface area contributed by atoms with Gasteiger partial charge in [0.25, 0.3) is 5.56 Å². The van der Waals surface area contributed by atoms with E-state index in [9.17, 15) is 18.0 Å². The van der Waals surface area contributed by atoms with Crippen molar-refractivity contribution in [3.63, 3.8) is 0 Å². The van der Waals surface area contributed by atoms with Gasteiger partial charge < -0.3 is 4.90 Å². The Morgan fingerprint density at radius 2 is 1.96 bits per heavy atom. The van der Waals surface area contributed by atoms with Crippen LogP contribution in [0, 0.1) is 6.92 Å². The van der Waals surface area contributed by atoms with Crippen LogP contribution in [0.25, 0.3) is 0 Å². The molecule has 8 heteroatoms. The fourth-order valence-electron chi connectivity index (χ4n) is 2.64. The average Bonchev–Trinajstić information content (AvgIpc) is 2.52. The van der Waals surface area contributed by atoms with E-state index in [4.69, 9.17) is 0 Å². The topological polar surface area (TPSA) is 51.0 Å². The maximum Gasteiger partial charge on any atom is 0.433 e. The van der Waals surface area contributed by atoms with Crippen molar-refractivity contribution in [2.45, 2.75) is 26.1 Å². The molecule has 1 aliphatic heterocycles. The largest absolute Gasteiger partial charge is 0.433 e. The molecule has 2 aromatic heterocycles. The van der Waals surface area contributed by atoms with Crippen molar-refractivity contribution in [2.24, 2.45) is 7.05 Å². The van der Waals surface area contributed by atoms with Gasteiger partial charge in [0.1, 0.15) is 17.3 Å². The van der Waals surface area contributed by atoms with Crippen LogP contribution in [-0.2, 0) is 26.2 Å². The van der Waals surface area contributed by atoms with Gasteiger partial charge in [-0.15, -0.1) is 0 Å². The summed E-state index contributed by atoms with van der Waals surface area (Å²) in [4.78, 5) is 22.1. The third-order valence-corrected chi connectivity index (χ3v) is 4.01. The zero-order valence-electron chi connectivity index (χ0n) is 12.7. The van der Waals surface area contributed by atoms with Crippen LogP contribution in [0.4, 0.5) is 19.0 Å². The Hall–Kier alpha value is -2.38. The molecule has 0 N–H and O–H groups in total. The lowest BCUT2D eigenvalue weighted by Gasteiger charge is -2.29. The third-order valence-electron chi connectivity index (χ3n) is 4.01. The van der Waals surface area contributed by atoms with E-state index in [-0.39, 0.29) is 17.9 Å². The molecule has 0 aliphatic carbocycles. The van der Waals surface area contributed by atoms with Gasteiger partial charge in [0.2, 0.25) is 0 Å². The summed E-state index contributed by atoms with van der Waals surface area (Å²) in [6.07, 6.45) is -3.98. The first-order valence-corrected chi connectivity index (χ1v) is 7.12. The van der Waals surface area contributed by atoms with Crippen LogP contribution < -0.4 is 10.5 Å². The number of rotatable bonds is 1. The summed E-state index contributed by atoms with van der Waals surface area (Å²) >= 11 is 0. The predicted molar refractivity (Wildman–Crippen MR) is 78.2 cm³/mol. The molecule has 23 heavy (non-hydrogen) atoms. The number of pyridine rings is 1. The minimum atomic E-state index is -4.49. The van der Waals surface area contributed by atoms with Crippen LogP contribution in [0.15, 0.2) is 23.0 Å². The SMILES string of the molecule is Cc1nc2c(c(=O)n1C)CN(c1cccc(C(F)(F)F)n1)CC2. The smallest absolute Gasteiger partial charge is 0.352 e. The Morgan fingerprint density at radius 1 is 1.22 bits per heavy atom. The van der Waals surface area contributed by atoms with Gasteiger partial charge in [-0.25, -0.2) is 9.97 Å². The molecule has 0 unspecified atom stereocenters. The predicted octanol–water partition coefficient (Wildman–Crippen LogP) is 2.07. The minimum Gasteiger partial charge on any atom is -0.352 e. The zero-order valence-corrected chi connectivity index (χ0v) is 12.7. The third kappa shape index (κ3) is 2.80. The van der Waals surface area contributed by atoms with Crippen molar-refractivity contribution in [3.05, 3.63) is 51.3 Å². The summed E-state index contributed by atoms with van der Waals surface area (Å²) in [5, 5.41) is 0. The molecule has 122 valence electrons. The van der Waals surface area contributed by atoms with Gasteiger partial charge in [0.05, 0.1) is 17.8 Å². The lowest BCUT2D eigenvalue weighted by Crippen LogP contribution is -2.38. The maximum atomic E-state index is 12.8. The van der Waals surface area contributed by atoms with Gasteiger partial charge in [0.15, 0.2) is 0 Å². The van der Waals surface area contributed by atoms with Gasteiger partial charge in [-0.2, -0.15) is 13.2 Å². The fourth-order valence-corrected chi connectivity index (χ4v) is 2.64. The number of nitrogens with zero attached hydrogens (tertiary/aromatic N) is 4. The van der Waals surface area contributed by atoms with Crippen LogP contribution in [-0.4, -0.2) is 21.1 Å². The Balaban J connectivity index is 1.97. The van der Waals surface area contributed by atoms with E-state index in [1.807, 2.05) is 0 Å². The molecule has 0 aromatic carbocycles. The number of hydrogen-bond acceptors (Lipinski definition) is 4. The highest BCUT2D eigenvalue weighted by atomic mass is 19.4. The summed E-state index contributed by atoms with van der Waals surface area (Å²) in [6.45, 7) is 2.44. The van der Waals surface area contributed by atoms with Crippen molar-refractivity contribution < 1.29 is 13.2 Å². The van der Waals surface area contributed by atoms with E-state index in [0.717, 1.165) is 6.07 Å². The molecule has 0 saturated carbocycles. The first-order chi connectivity index (χ1) is 10.8. The van der Waals surface area contributed by atoms with E-state index in [1.165, 1.54) is 16.7 Å². The van der Waals surface area contributed by atoms with Gasteiger partial charge in [-0.05, 0) is 19.1 Å². The highest BCUT2D eigenvalue weighted by molar-refractivity contribution is 5.43. The molecule has 1 aliphatic rings. The van der Waals surface area contributed by atoms with Gasteiger partial charge in [0, 0.05) is 20.0 Å². The number of alkyl halides is 3. The zero-order chi connectivity index (χ0) is 16.8. The molecule has 0 bridgehead atoms. The van der Waals surface area contributed by atoms with E-state index in [1.54, 1.807) is 18.9 Å². The standard InChI is InChI=1S/C15H15F3N4O/c1-9-19-11-6-7-22(8-10(11)14(23)21(9)2)13-5-3-4-12(20-13)15(16,17)18/h3-5H,6-8H2,1-2H3. The average molecular weight is 324 g/mol. The van der Waals surface area contributed by atoms with Crippen molar-refractivity contribution in [2.75, 3.05) is 11.4 Å². The normalized spacial score (nSPS) is 14.7. The van der Waals surface area contributed by atoms with Crippen molar-refractivity contribution in [1.29, 1.82) is 0 Å². The molecule has 0 atom stereocenters. The Labute approximate surface area is 130 Å². The molecular formula is C15H15F3N4O. The number of anilines is 1. The van der Waals surface area contributed by atoms with Gasteiger partial charge in [-0.1, -0.05) is 6.07 Å². The number of hydrogen-bond donors (Lipinski definition) is 0. The minimum absolute atomic E-state index is 0.163. The lowest BCUT2D eigenvalue weighted by atomic mass is 10.1. The van der Waals surface area contributed by atoms with E-state index in [2.05, 4.69) is 9.97 Å². The van der Waals surface area contributed by atoms with Gasteiger partial charge in [-0.3, -0.25) is 9.36 Å². The summed E-state index contributed by atoms with van der Waals surface area (Å²) in [6, 6.07) is 3.78. The lowest BCUT2D eigenvalue weighted by molar-refractivity contribution is -0.141. The van der Waals surface area contributed by atoms with Crippen molar-refractivity contribution in [1.82, 2.24) is 14.5 Å². The maximum absolute atomic E-state index is 12.8. The molecule has 0 saturated heterocycles. The molecule has 3 heterocycles. The van der Waals surface area contributed by atoms with Crippen LogP contribution in [0.1, 0.15) is 22.8 Å². The van der Waals surface area contributed by atoms with Crippen molar-refractivity contribution in [3.8, 4) is 0 Å². The van der Waals surface area contributed by atoms with Gasteiger partial charge >= 0.3 is 6.18 Å². The summed E-state index contributed by atoms with van der Waals surface area (Å²) < 4.78 is 39.8. The quantitative estimate of drug-likeness (QED) is 0.806. The highest BCUT2D eigenvalue weighted by Crippen LogP contribution is 2.29. The molecule has 0 fully saturated rings. The Bertz CT molecular complexity index is 813. The van der Waals surface area contributed by atoms with E-state index in [0.29, 0.717) is 30.0 Å². The number of fused-ring (bicyclic) bond motifs is 1. The van der Waals surface area contributed by atoms with Crippen LogP contribution >= 0.6 is 0 Å². The highest BCUT2D eigenvalue weighted by Gasteiger charge is 2.33. The fraction of sp³-hybridized carbons (Fsp3) is 0.400. The first-order valence-electron chi connectivity index (χ1n) is 7.12.